The van der Waals surface area contributed by atoms with Crippen LogP contribution >= 0.6 is 0 Å². The van der Waals surface area contributed by atoms with Crippen LogP contribution in [0.1, 0.15) is 63.0 Å². The first kappa shape index (κ1) is 25.9. The first-order valence-electron chi connectivity index (χ1n) is 8.93. The lowest BCUT2D eigenvalue weighted by atomic mass is 10.1. The van der Waals surface area contributed by atoms with Crippen molar-refractivity contribution in [1.82, 2.24) is 16.0 Å². The summed E-state index contributed by atoms with van der Waals surface area (Å²) in [7, 11) is 0. The highest BCUT2D eigenvalue weighted by molar-refractivity contribution is 5.94. The van der Waals surface area contributed by atoms with E-state index in [1.165, 1.54) is 0 Å². The van der Waals surface area contributed by atoms with Crippen LogP contribution in [0.25, 0.3) is 0 Å². The topological polar surface area (TPSA) is 87.3 Å². The van der Waals surface area contributed by atoms with Gasteiger partial charge in [-0.2, -0.15) is 0 Å². The van der Waals surface area contributed by atoms with Crippen molar-refractivity contribution in [2.24, 2.45) is 5.92 Å². The van der Waals surface area contributed by atoms with Gasteiger partial charge in [0, 0.05) is 24.7 Å². The number of carbonyl (C=O) groups is 3. The smallest absolute Gasteiger partial charge is 0.251 e. The van der Waals surface area contributed by atoms with Crippen molar-refractivity contribution in [3.05, 3.63) is 34.9 Å². The number of hydrogen-bond donors (Lipinski definition) is 3. The Morgan fingerprint density at radius 1 is 1.00 bits per heavy atom. The molecule has 148 valence electrons. The molecule has 0 aliphatic heterocycles. The molecule has 0 unspecified atom stereocenters. The standard InChI is InChI=1S/C13H18N2O2.C4H10.C3H7NO/c1-9(2)15-13(17)12-5-10(3)4-11(6-12)7-14-8-16;1-4(2)3;1-2-4-3-5/h4-6,8-9H,7H2,1-3H3,(H,14,16)(H,15,17);4H,1-3H3;3H,2H2,1H3,(H,4,5). The van der Waals surface area contributed by atoms with Crippen LogP contribution in [-0.4, -0.2) is 31.3 Å². The van der Waals surface area contributed by atoms with Crippen LogP contribution < -0.4 is 16.0 Å². The van der Waals surface area contributed by atoms with Gasteiger partial charge in [-0.25, -0.2) is 0 Å². The molecule has 0 saturated carbocycles. The SMILES string of the molecule is CC(C)C.CCNC=O.Cc1cc(CNC=O)cc(C(=O)NC(C)C)c1. The van der Waals surface area contributed by atoms with Crippen molar-refractivity contribution in [3.63, 3.8) is 0 Å². The Hall–Kier alpha value is -2.37. The highest BCUT2D eigenvalue weighted by Crippen LogP contribution is 2.10. The molecule has 0 heterocycles. The fourth-order valence-electron chi connectivity index (χ4n) is 1.68. The molecule has 6 nitrogen and oxygen atoms in total. The Morgan fingerprint density at radius 2 is 1.54 bits per heavy atom. The summed E-state index contributed by atoms with van der Waals surface area (Å²) in [4.78, 5) is 31.4. The van der Waals surface area contributed by atoms with E-state index in [1.807, 2.05) is 39.8 Å². The zero-order valence-electron chi connectivity index (χ0n) is 17.2. The number of hydrogen-bond acceptors (Lipinski definition) is 3. The molecule has 0 fully saturated rings. The molecule has 26 heavy (non-hydrogen) atoms. The largest absolute Gasteiger partial charge is 0.359 e. The Balaban J connectivity index is 0. The lowest BCUT2D eigenvalue weighted by Gasteiger charge is -2.10. The molecule has 3 amide bonds. The lowest BCUT2D eigenvalue weighted by molar-refractivity contribution is -0.110. The molecule has 1 aromatic rings. The average molecular weight is 366 g/mol. The number of carbonyl (C=O) groups excluding carboxylic acids is 3. The van der Waals surface area contributed by atoms with E-state index >= 15 is 0 Å². The van der Waals surface area contributed by atoms with E-state index in [4.69, 9.17) is 0 Å². The summed E-state index contributed by atoms with van der Waals surface area (Å²) in [5.74, 6) is 0.746. The fourth-order valence-corrected chi connectivity index (χ4v) is 1.68. The second kappa shape index (κ2) is 16.1. The van der Waals surface area contributed by atoms with E-state index in [0.717, 1.165) is 23.6 Å². The molecule has 1 rings (SSSR count). The molecule has 0 saturated heterocycles. The van der Waals surface area contributed by atoms with Crippen LogP contribution in [0.15, 0.2) is 18.2 Å². The van der Waals surface area contributed by atoms with Gasteiger partial charge in [-0.1, -0.05) is 26.8 Å². The molecule has 0 aliphatic rings. The van der Waals surface area contributed by atoms with Crippen molar-refractivity contribution >= 4 is 18.7 Å². The van der Waals surface area contributed by atoms with Crippen LogP contribution in [0, 0.1) is 12.8 Å². The van der Waals surface area contributed by atoms with Crippen LogP contribution in [0.5, 0.6) is 0 Å². The van der Waals surface area contributed by atoms with E-state index < -0.39 is 0 Å². The molecule has 0 atom stereocenters. The maximum absolute atomic E-state index is 11.8. The van der Waals surface area contributed by atoms with Crippen LogP contribution in [0.4, 0.5) is 0 Å². The Labute approximate surface area is 158 Å². The molecular weight excluding hydrogens is 330 g/mol. The maximum Gasteiger partial charge on any atom is 0.251 e. The molecular formula is C20H35N3O3. The lowest BCUT2D eigenvalue weighted by Crippen LogP contribution is -2.30. The minimum atomic E-state index is -0.0870. The maximum atomic E-state index is 11.8. The predicted octanol–water partition coefficient (Wildman–Crippen LogP) is 2.79. The first-order valence-corrected chi connectivity index (χ1v) is 8.93. The highest BCUT2D eigenvalue weighted by atomic mass is 16.2. The monoisotopic (exact) mass is 365 g/mol. The van der Waals surface area contributed by atoms with Gasteiger partial charge in [-0.05, 0) is 56.9 Å². The van der Waals surface area contributed by atoms with E-state index in [0.29, 0.717) is 24.9 Å². The average Bonchev–Trinajstić information content (AvgIpc) is 2.52. The van der Waals surface area contributed by atoms with Crippen molar-refractivity contribution < 1.29 is 14.4 Å². The number of rotatable bonds is 7. The first-order chi connectivity index (χ1) is 12.2. The van der Waals surface area contributed by atoms with E-state index in [-0.39, 0.29) is 11.9 Å². The number of amides is 3. The number of aryl methyl sites for hydroxylation is 1. The second-order valence-electron chi connectivity index (χ2n) is 6.74. The second-order valence-corrected chi connectivity index (χ2v) is 6.74. The van der Waals surface area contributed by atoms with E-state index in [2.05, 4.69) is 36.7 Å². The molecule has 1 aromatic carbocycles. The van der Waals surface area contributed by atoms with Gasteiger partial charge < -0.3 is 16.0 Å². The van der Waals surface area contributed by atoms with E-state index in [9.17, 15) is 14.4 Å². The summed E-state index contributed by atoms with van der Waals surface area (Å²) in [6.07, 6.45) is 1.33. The third-order valence-electron chi connectivity index (χ3n) is 2.50. The molecule has 0 aromatic heterocycles. The molecule has 0 bridgehead atoms. The normalized spacial score (nSPS) is 9.27. The number of benzene rings is 1. The fraction of sp³-hybridized carbons (Fsp3) is 0.550. The summed E-state index contributed by atoms with van der Waals surface area (Å²) < 4.78 is 0. The van der Waals surface area contributed by atoms with Crippen LogP contribution in [0.2, 0.25) is 0 Å². The van der Waals surface area contributed by atoms with Gasteiger partial charge in [0.2, 0.25) is 12.8 Å². The minimum absolute atomic E-state index is 0.0870. The van der Waals surface area contributed by atoms with Crippen molar-refractivity contribution in [2.75, 3.05) is 6.54 Å². The minimum Gasteiger partial charge on any atom is -0.359 e. The van der Waals surface area contributed by atoms with Gasteiger partial charge in [0.25, 0.3) is 5.91 Å². The summed E-state index contributed by atoms with van der Waals surface area (Å²) >= 11 is 0. The van der Waals surface area contributed by atoms with Crippen molar-refractivity contribution in [1.29, 1.82) is 0 Å². The van der Waals surface area contributed by atoms with Crippen molar-refractivity contribution in [2.45, 2.75) is 61.1 Å². The van der Waals surface area contributed by atoms with Gasteiger partial charge in [0.15, 0.2) is 0 Å². The van der Waals surface area contributed by atoms with Gasteiger partial charge >= 0.3 is 0 Å². The summed E-state index contributed by atoms with van der Waals surface area (Å²) in [5.41, 5.74) is 2.55. The van der Waals surface area contributed by atoms with Gasteiger partial charge in [0.05, 0.1) is 0 Å². The Kier molecular flexibility index (Phi) is 16.0. The van der Waals surface area contributed by atoms with Gasteiger partial charge in [-0.15, -0.1) is 0 Å². The summed E-state index contributed by atoms with van der Waals surface area (Å²) in [5, 5.41) is 7.86. The third kappa shape index (κ3) is 16.5. The third-order valence-corrected chi connectivity index (χ3v) is 2.50. The predicted molar refractivity (Wildman–Crippen MR) is 107 cm³/mol. The number of nitrogens with one attached hydrogen (secondary N) is 3. The highest BCUT2D eigenvalue weighted by Gasteiger charge is 2.08. The molecule has 6 heteroatoms. The zero-order valence-corrected chi connectivity index (χ0v) is 17.2. The molecule has 0 radical (unpaired) electrons. The van der Waals surface area contributed by atoms with Crippen molar-refractivity contribution in [3.8, 4) is 0 Å². The molecule has 0 spiro atoms. The summed E-state index contributed by atoms with van der Waals surface area (Å²) in [6, 6.07) is 5.69. The van der Waals surface area contributed by atoms with E-state index in [1.54, 1.807) is 6.07 Å². The zero-order chi connectivity index (χ0) is 20.5. The van der Waals surface area contributed by atoms with Gasteiger partial charge in [0.1, 0.15) is 0 Å². The van der Waals surface area contributed by atoms with Crippen LogP contribution in [-0.2, 0) is 16.1 Å². The molecule has 3 N–H and O–H groups in total. The Bertz CT molecular complexity index is 526. The quantitative estimate of drug-likeness (QED) is 0.649. The van der Waals surface area contributed by atoms with Gasteiger partial charge in [-0.3, -0.25) is 14.4 Å². The Morgan fingerprint density at radius 3 is 1.92 bits per heavy atom. The molecule has 0 aliphatic carbocycles. The van der Waals surface area contributed by atoms with Crippen LogP contribution in [0.3, 0.4) is 0 Å². The summed E-state index contributed by atoms with van der Waals surface area (Å²) in [6.45, 7) is 15.3.